The van der Waals surface area contributed by atoms with E-state index >= 15 is 0 Å². The molecule has 0 aliphatic heterocycles. The summed E-state index contributed by atoms with van der Waals surface area (Å²) in [5.74, 6) is 0.369. The van der Waals surface area contributed by atoms with Gasteiger partial charge in [-0.1, -0.05) is 0 Å². The van der Waals surface area contributed by atoms with E-state index in [1.165, 1.54) is 6.07 Å². The van der Waals surface area contributed by atoms with Crippen molar-refractivity contribution in [2.24, 2.45) is 0 Å². The summed E-state index contributed by atoms with van der Waals surface area (Å²) < 4.78 is 18.9. The maximum atomic E-state index is 13.1. The summed E-state index contributed by atoms with van der Waals surface area (Å²) in [6, 6.07) is 4.86. The minimum absolute atomic E-state index is 0.213. The Labute approximate surface area is 95.3 Å². The van der Waals surface area contributed by atoms with E-state index in [9.17, 15) is 4.39 Å². The first-order valence-electron chi connectivity index (χ1n) is 4.47. The fourth-order valence-electron chi connectivity index (χ4n) is 1.37. The molecule has 1 aromatic heterocycles. The van der Waals surface area contributed by atoms with Crippen LogP contribution >= 0.6 is 15.9 Å². The largest absolute Gasteiger partial charge is 0.434 e. The predicted octanol–water partition coefficient (Wildman–Crippen LogP) is 3.86. The third-order valence-electron chi connectivity index (χ3n) is 2.12. The summed E-state index contributed by atoms with van der Waals surface area (Å²) in [7, 11) is 0. The van der Waals surface area contributed by atoms with Gasteiger partial charge in [0.15, 0.2) is 10.6 Å². The average Bonchev–Trinajstić information content (AvgIpc) is 2.50. The number of aromatic nitrogens is 1. The van der Waals surface area contributed by atoms with Gasteiger partial charge < -0.3 is 4.42 Å². The van der Waals surface area contributed by atoms with Gasteiger partial charge in [-0.2, -0.15) is 0 Å². The van der Waals surface area contributed by atoms with Gasteiger partial charge >= 0.3 is 0 Å². The van der Waals surface area contributed by atoms with Crippen LogP contribution in [0, 0.1) is 19.7 Å². The van der Waals surface area contributed by atoms with Crippen molar-refractivity contribution in [3.8, 4) is 11.3 Å². The summed E-state index contributed by atoms with van der Waals surface area (Å²) in [6.45, 7) is 3.49. The molecule has 0 radical (unpaired) electrons. The minimum Gasteiger partial charge on any atom is -0.434 e. The van der Waals surface area contributed by atoms with Gasteiger partial charge in [0, 0.05) is 12.5 Å². The Morgan fingerprint density at radius 3 is 2.60 bits per heavy atom. The molecule has 0 saturated carbocycles. The number of hydrogen-bond donors (Lipinski definition) is 0. The summed E-state index contributed by atoms with van der Waals surface area (Å²) in [5.41, 5.74) is 2.15. The first-order chi connectivity index (χ1) is 7.08. The van der Waals surface area contributed by atoms with Crippen LogP contribution < -0.4 is 0 Å². The van der Waals surface area contributed by atoms with Crippen molar-refractivity contribution >= 4 is 15.9 Å². The molecule has 4 heteroatoms. The molecular weight excluding hydrogens is 261 g/mol. The Hall–Kier alpha value is -1.16. The Bertz CT molecular complexity index is 507. The van der Waals surface area contributed by atoms with E-state index in [2.05, 4.69) is 20.9 Å². The molecule has 2 nitrogen and oxygen atoms in total. The smallest absolute Gasteiger partial charge is 0.197 e. The molecule has 0 spiro atoms. The van der Waals surface area contributed by atoms with E-state index in [0.717, 1.165) is 5.56 Å². The van der Waals surface area contributed by atoms with Crippen molar-refractivity contribution in [1.29, 1.82) is 0 Å². The molecule has 0 aliphatic rings. The Morgan fingerprint density at radius 2 is 2.07 bits per heavy atom. The van der Waals surface area contributed by atoms with Crippen LogP contribution in [0.1, 0.15) is 11.5 Å². The van der Waals surface area contributed by atoms with Crippen molar-refractivity contribution < 1.29 is 8.81 Å². The molecule has 0 N–H and O–H groups in total. The fraction of sp³-hybridized carbons (Fsp3) is 0.182. The first kappa shape index (κ1) is 10.4. The maximum Gasteiger partial charge on any atom is 0.197 e. The zero-order valence-electron chi connectivity index (χ0n) is 8.34. The van der Waals surface area contributed by atoms with Crippen LogP contribution in [0.25, 0.3) is 11.3 Å². The fourth-order valence-corrected chi connectivity index (χ4v) is 1.92. The number of oxazole rings is 1. The lowest BCUT2D eigenvalue weighted by Crippen LogP contribution is -1.85. The van der Waals surface area contributed by atoms with E-state index in [0.29, 0.717) is 21.8 Å². The van der Waals surface area contributed by atoms with Gasteiger partial charge in [0.05, 0.1) is 0 Å². The van der Waals surface area contributed by atoms with E-state index in [-0.39, 0.29) is 5.82 Å². The van der Waals surface area contributed by atoms with Crippen molar-refractivity contribution in [1.82, 2.24) is 4.98 Å². The molecule has 0 fully saturated rings. The predicted molar refractivity (Wildman–Crippen MR) is 59.1 cm³/mol. The highest BCUT2D eigenvalue weighted by Crippen LogP contribution is 2.29. The normalized spacial score (nSPS) is 10.7. The zero-order valence-corrected chi connectivity index (χ0v) is 9.93. The van der Waals surface area contributed by atoms with Gasteiger partial charge in [-0.3, -0.25) is 0 Å². The quantitative estimate of drug-likeness (QED) is 0.786. The van der Waals surface area contributed by atoms with Crippen LogP contribution in [0.3, 0.4) is 0 Å². The molecular formula is C11H9BrFNO. The molecule has 78 valence electrons. The SMILES string of the molecule is Cc1nc(-c2ccc(F)c(C)c2)c(Br)o1. The summed E-state index contributed by atoms with van der Waals surface area (Å²) in [6.07, 6.45) is 0. The molecule has 0 bridgehead atoms. The topological polar surface area (TPSA) is 26.0 Å². The molecule has 0 atom stereocenters. The average molecular weight is 270 g/mol. The Kier molecular flexibility index (Phi) is 2.61. The lowest BCUT2D eigenvalue weighted by Gasteiger charge is -1.99. The van der Waals surface area contributed by atoms with E-state index in [1.54, 1.807) is 26.0 Å². The van der Waals surface area contributed by atoms with Crippen molar-refractivity contribution in [3.63, 3.8) is 0 Å². The van der Waals surface area contributed by atoms with Gasteiger partial charge in [0.1, 0.15) is 11.5 Å². The number of hydrogen-bond acceptors (Lipinski definition) is 2. The van der Waals surface area contributed by atoms with Crippen LogP contribution in [0.5, 0.6) is 0 Å². The van der Waals surface area contributed by atoms with Gasteiger partial charge in [-0.25, -0.2) is 9.37 Å². The monoisotopic (exact) mass is 269 g/mol. The number of rotatable bonds is 1. The number of benzene rings is 1. The van der Waals surface area contributed by atoms with Gasteiger partial charge in [0.25, 0.3) is 0 Å². The Balaban J connectivity index is 2.54. The van der Waals surface area contributed by atoms with Gasteiger partial charge in [-0.05, 0) is 46.6 Å². The molecule has 0 unspecified atom stereocenters. The lowest BCUT2D eigenvalue weighted by molar-refractivity contribution is 0.500. The van der Waals surface area contributed by atoms with E-state index in [1.807, 2.05) is 0 Å². The molecule has 2 rings (SSSR count). The first-order valence-corrected chi connectivity index (χ1v) is 5.26. The van der Waals surface area contributed by atoms with Crippen LogP contribution in [-0.2, 0) is 0 Å². The van der Waals surface area contributed by atoms with Crippen molar-refractivity contribution in [3.05, 3.63) is 40.1 Å². The van der Waals surface area contributed by atoms with Gasteiger partial charge in [-0.15, -0.1) is 0 Å². The second-order valence-corrected chi connectivity index (χ2v) is 4.04. The van der Waals surface area contributed by atoms with E-state index in [4.69, 9.17) is 4.42 Å². The minimum atomic E-state index is -0.213. The van der Waals surface area contributed by atoms with Crippen molar-refractivity contribution in [2.45, 2.75) is 13.8 Å². The molecule has 0 amide bonds. The highest BCUT2D eigenvalue weighted by Gasteiger charge is 2.11. The summed E-state index contributed by atoms with van der Waals surface area (Å²) in [4.78, 5) is 4.22. The standard InChI is InChI=1S/C11H9BrFNO/c1-6-5-8(3-4-9(6)13)10-11(12)15-7(2)14-10/h3-5H,1-2H3. The number of halogens is 2. The third-order valence-corrected chi connectivity index (χ3v) is 2.66. The molecule has 1 heterocycles. The third kappa shape index (κ3) is 1.95. The second-order valence-electron chi connectivity index (χ2n) is 3.32. The molecule has 15 heavy (non-hydrogen) atoms. The Morgan fingerprint density at radius 1 is 1.33 bits per heavy atom. The highest BCUT2D eigenvalue weighted by molar-refractivity contribution is 9.10. The summed E-state index contributed by atoms with van der Waals surface area (Å²) in [5, 5.41) is 0. The molecule has 2 aromatic rings. The number of nitrogens with zero attached hydrogens (tertiary/aromatic N) is 1. The number of aryl methyl sites for hydroxylation is 2. The van der Waals surface area contributed by atoms with Crippen LogP contribution in [-0.4, -0.2) is 4.98 Å². The van der Waals surface area contributed by atoms with Crippen LogP contribution in [0.2, 0.25) is 0 Å². The highest BCUT2D eigenvalue weighted by atomic mass is 79.9. The molecule has 0 aliphatic carbocycles. The maximum absolute atomic E-state index is 13.1. The van der Waals surface area contributed by atoms with E-state index < -0.39 is 0 Å². The zero-order chi connectivity index (χ0) is 11.0. The van der Waals surface area contributed by atoms with Gasteiger partial charge in [0.2, 0.25) is 0 Å². The van der Waals surface area contributed by atoms with Crippen LogP contribution in [0.4, 0.5) is 4.39 Å². The lowest BCUT2D eigenvalue weighted by atomic mass is 10.1. The second kappa shape index (κ2) is 3.77. The van der Waals surface area contributed by atoms with Crippen molar-refractivity contribution in [2.75, 3.05) is 0 Å². The van der Waals surface area contributed by atoms with Crippen LogP contribution in [0.15, 0.2) is 27.3 Å². The summed E-state index contributed by atoms with van der Waals surface area (Å²) >= 11 is 3.27. The molecule has 1 aromatic carbocycles. The molecule has 0 saturated heterocycles.